The van der Waals surface area contributed by atoms with Crippen LogP contribution in [0.4, 0.5) is 17.3 Å². The second kappa shape index (κ2) is 11.8. The number of nitrogens with zero attached hydrogens (tertiary/aromatic N) is 3. The van der Waals surface area contributed by atoms with E-state index in [1.165, 1.54) is 6.33 Å². The van der Waals surface area contributed by atoms with Gasteiger partial charge in [0.15, 0.2) is 5.82 Å². The minimum atomic E-state index is -0.380. The van der Waals surface area contributed by atoms with Crippen LogP contribution in [-0.2, 0) is 16.7 Å². The minimum Gasteiger partial charge on any atom is -0.462 e. The second-order valence-corrected chi connectivity index (χ2v) is 9.87. The fourth-order valence-corrected chi connectivity index (χ4v) is 3.97. The van der Waals surface area contributed by atoms with E-state index in [4.69, 9.17) is 10.5 Å². The smallest absolute Gasteiger partial charge is 0.338 e. The molecule has 1 heterocycles. The summed E-state index contributed by atoms with van der Waals surface area (Å²) in [4.78, 5) is 38.0. The zero-order chi connectivity index (χ0) is 28.0. The Kier molecular flexibility index (Phi) is 8.31. The zero-order valence-corrected chi connectivity index (χ0v) is 22.5. The van der Waals surface area contributed by atoms with E-state index >= 15 is 0 Å². The Bertz CT molecular complexity index is 1460. The van der Waals surface area contributed by atoms with E-state index in [-0.39, 0.29) is 23.8 Å². The van der Waals surface area contributed by atoms with E-state index in [1.54, 1.807) is 37.3 Å². The van der Waals surface area contributed by atoms with Gasteiger partial charge in [0.2, 0.25) is 5.95 Å². The first kappa shape index (κ1) is 27.4. The van der Waals surface area contributed by atoms with E-state index in [0.717, 1.165) is 5.56 Å². The summed E-state index contributed by atoms with van der Waals surface area (Å²) in [6, 6.07) is 19.9. The molecule has 0 saturated heterocycles. The molecule has 39 heavy (non-hydrogen) atoms. The van der Waals surface area contributed by atoms with Gasteiger partial charge in [-0.05, 0) is 60.4 Å². The molecule has 0 unspecified atom stereocenters. The number of nitrogens with two attached hydrogens (primary N) is 1. The summed E-state index contributed by atoms with van der Waals surface area (Å²) in [6.45, 7) is 8.63. The third-order valence-electron chi connectivity index (χ3n) is 6.11. The Hall–Kier alpha value is -4.63. The van der Waals surface area contributed by atoms with Gasteiger partial charge in [-0.3, -0.25) is 4.79 Å². The van der Waals surface area contributed by atoms with Gasteiger partial charge in [-0.15, -0.1) is 0 Å². The molecule has 4 aromatic rings. The van der Waals surface area contributed by atoms with Crippen LogP contribution >= 0.6 is 0 Å². The molecule has 4 N–H and O–H groups in total. The topological polar surface area (TPSA) is 132 Å². The first-order valence-corrected chi connectivity index (χ1v) is 12.7. The van der Waals surface area contributed by atoms with Crippen molar-refractivity contribution in [3.63, 3.8) is 0 Å². The van der Waals surface area contributed by atoms with Crippen molar-refractivity contribution < 1.29 is 14.3 Å². The molecular formula is C30H32N6O3. The molecule has 0 aliphatic carbocycles. The number of hydrogen-bond acceptors (Lipinski definition) is 8. The van der Waals surface area contributed by atoms with E-state index in [0.29, 0.717) is 52.0 Å². The molecule has 1 amide bonds. The standard InChI is InChI=1S/C30H32N6O3/c1-5-39-28(38)20-11-15-22(16-12-20)34-29-33-18-32-26(36-29)23-7-6-8-25(24(23)17-31)35-27(37)19-9-13-21(14-10-19)30(2,3)4/h6-16,18H,5,17,31H2,1-4H3,(H,35,37)(H,32,33,34,36). The van der Waals surface area contributed by atoms with Crippen molar-refractivity contribution in [1.82, 2.24) is 15.0 Å². The van der Waals surface area contributed by atoms with Gasteiger partial charge < -0.3 is 21.1 Å². The van der Waals surface area contributed by atoms with E-state index in [2.05, 4.69) is 46.4 Å². The number of esters is 1. The Morgan fingerprint density at radius 3 is 2.26 bits per heavy atom. The van der Waals surface area contributed by atoms with Crippen LogP contribution in [0.3, 0.4) is 0 Å². The molecule has 9 heteroatoms. The summed E-state index contributed by atoms with van der Waals surface area (Å²) in [5, 5.41) is 6.10. The minimum absolute atomic E-state index is 0.000396. The Labute approximate surface area is 227 Å². The quantitative estimate of drug-likeness (QED) is 0.259. The number of nitrogens with one attached hydrogen (secondary N) is 2. The molecule has 200 valence electrons. The average molecular weight is 525 g/mol. The number of carbonyl (C=O) groups is 2. The van der Waals surface area contributed by atoms with Crippen LogP contribution in [0.25, 0.3) is 11.4 Å². The number of rotatable bonds is 8. The first-order chi connectivity index (χ1) is 18.7. The maximum absolute atomic E-state index is 13.0. The SMILES string of the molecule is CCOC(=O)c1ccc(Nc2ncnc(-c3cccc(NC(=O)c4ccc(C(C)(C)C)cc4)c3CN)n2)cc1. The summed E-state index contributed by atoms with van der Waals surface area (Å²) in [5.41, 5.74) is 10.9. The van der Waals surface area contributed by atoms with Crippen molar-refractivity contribution in [2.75, 3.05) is 17.2 Å². The van der Waals surface area contributed by atoms with Gasteiger partial charge in [0.25, 0.3) is 5.91 Å². The van der Waals surface area contributed by atoms with Gasteiger partial charge in [0, 0.05) is 34.6 Å². The number of anilines is 3. The van der Waals surface area contributed by atoms with Gasteiger partial charge >= 0.3 is 5.97 Å². The first-order valence-electron chi connectivity index (χ1n) is 12.7. The zero-order valence-electron chi connectivity index (χ0n) is 22.5. The fraction of sp³-hybridized carbons (Fsp3) is 0.233. The van der Waals surface area contributed by atoms with Crippen LogP contribution in [0.2, 0.25) is 0 Å². The van der Waals surface area contributed by atoms with E-state index in [1.807, 2.05) is 36.4 Å². The van der Waals surface area contributed by atoms with Crippen molar-refractivity contribution in [3.8, 4) is 11.4 Å². The number of amides is 1. The van der Waals surface area contributed by atoms with Crippen LogP contribution in [-0.4, -0.2) is 33.4 Å². The molecule has 0 aliphatic rings. The highest BCUT2D eigenvalue weighted by molar-refractivity contribution is 6.05. The summed E-state index contributed by atoms with van der Waals surface area (Å²) in [6.07, 6.45) is 1.40. The van der Waals surface area contributed by atoms with Crippen LogP contribution in [0.5, 0.6) is 0 Å². The lowest BCUT2D eigenvalue weighted by atomic mass is 9.86. The maximum Gasteiger partial charge on any atom is 0.338 e. The number of hydrogen-bond donors (Lipinski definition) is 3. The molecule has 0 atom stereocenters. The Morgan fingerprint density at radius 2 is 1.62 bits per heavy atom. The maximum atomic E-state index is 13.0. The lowest BCUT2D eigenvalue weighted by Gasteiger charge is -2.19. The Balaban J connectivity index is 1.54. The molecular weight excluding hydrogens is 492 g/mol. The normalized spacial score (nSPS) is 11.1. The molecule has 0 spiro atoms. The predicted molar refractivity (Wildman–Crippen MR) is 152 cm³/mol. The van der Waals surface area contributed by atoms with Gasteiger partial charge in [0.1, 0.15) is 6.33 Å². The van der Waals surface area contributed by atoms with Crippen LogP contribution in [0.15, 0.2) is 73.1 Å². The summed E-state index contributed by atoms with van der Waals surface area (Å²) in [5.74, 6) is 0.114. The van der Waals surface area contributed by atoms with E-state index < -0.39 is 0 Å². The van der Waals surface area contributed by atoms with Crippen molar-refractivity contribution in [2.24, 2.45) is 5.73 Å². The van der Waals surface area contributed by atoms with Crippen LogP contribution in [0.1, 0.15) is 59.5 Å². The van der Waals surface area contributed by atoms with E-state index in [9.17, 15) is 9.59 Å². The Morgan fingerprint density at radius 1 is 0.923 bits per heavy atom. The molecule has 0 fully saturated rings. The highest BCUT2D eigenvalue weighted by Gasteiger charge is 2.17. The summed E-state index contributed by atoms with van der Waals surface area (Å²) >= 11 is 0. The highest BCUT2D eigenvalue weighted by atomic mass is 16.5. The highest BCUT2D eigenvalue weighted by Crippen LogP contribution is 2.28. The van der Waals surface area contributed by atoms with Crippen LogP contribution in [0, 0.1) is 0 Å². The number of aromatic nitrogens is 3. The van der Waals surface area contributed by atoms with Crippen molar-refractivity contribution in [3.05, 3.63) is 95.3 Å². The largest absolute Gasteiger partial charge is 0.462 e. The van der Waals surface area contributed by atoms with Crippen LogP contribution < -0.4 is 16.4 Å². The molecule has 3 aromatic carbocycles. The van der Waals surface area contributed by atoms with Gasteiger partial charge in [-0.1, -0.05) is 45.0 Å². The molecule has 0 aliphatic heterocycles. The van der Waals surface area contributed by atoms with Gasteiger partial charge in [-0.2, -0.15) is 4.98 Å². The average Bonchev–Trinajstić information content (AvgIpc) is 2.93. The summed E-state index contributed by atoms with van der Waals surface area (Å²) < 4.78 is 5.02. The molecule has 0 radical (unpaired) electrons. The number of ether oxygens (including phenoxy) is 1. The molecule has 9 nitrogen and oxygen atoms in total. The van der Waals surface area contributed by atoms with Crippen molar-refractivity contribution in [1.29, 1.82) is 0 Å². The number of benzene rings is 3. The predicted octanol–water partition coefficient (Wildman–Crippen LogP) is 5.47. The molecule has 0 saturated carbocycles. The lowest BCUT2D eigenvalue weighted by molar-refractivity contribution is 0.0526. The fourth-order valence-electron chi connectivity index (χ4n) is 3.97. The van der Waals surface area contributed by atoms with Crippen molar-refractivity contribution >= 4 is 29.2 Å². The third-order valence-corrected chi connectivity index (χ3v) is 6.11. The van der Waals surface area contributed by atoms with Crippen molar-refractivity contribution in [2.45, 2.75) is 39.7 Å². The summed E-state index contributed by atoms with van der Waals surface area (Å²) in [7, 11) is 0. The second-order valence-electron chi connectivity index (χ2n) is 9.87. The number of carbonyl (C=O) groups excluding carboxylic acids is 2. The van der Waals surface area contributed by atoms with Gasteiger partial charge in [0.05, 0.1) is 12.2 Å². The molecule has 0 bridgehead atoms. The molecule has 4 rings (SSSR count). The third kappa shape index (κ3) is 6.63. The lowest BCUT2D eigenvalue weighted by Crippen LogP contribution is -2.16. The van der Waals surface area contributed by atoms with Gasteiger partial charge in [-0.25, -0.2) is 14.8 Å². The molecule has 1 aromatic heterocycles. The monoisotopic (exact) mass is 524 g/mol.